The molecule has 3 heteroatoms. The average molecular weight is 175 g/mol. The van der Waals surface area contributed by atoms with E-state index in [1.807, 2.05) is 0 Å². The van der Waals surface area contributed by atoms with E-state index in [2.05, 4.69) is 41.2 Å². The molecule has 0 saturated carbocycles. The largest absolute Gasteiger partial charge is 0.0936 e. The lowest BCUT2D eigenvalue weighted by Crippen LogP contribution is -1.88. The van der Waals surface area contributed by atoms with Crippen LogP contribution in [-0.2, 0) is 12.8 Å². The van der Waals surface area contributed by atoms with E-state index < -0.39 is 0 Å². The number of hydrogen-bond donors (Lipinski definition) is 0. The summed E-state index contributed by atoms with van der Waals surface area (Å²) in [7, 11) is 0. The highest BCUT2D eigenvalue weighted by atomic mass is 15.1. The van der Waals surface area contributed by atoms with Crippen molar-refractivity contribution in [2.45, 2.75) is 19.8 Å². The molecule has 1 aromatic carbocycles. The smallest absolute Gasteiger partial charge is 0.0298 e. The molecule has 0 radical (unpaired) electrons. The summed E-state index contributed by atoms with van der Waals surface area (Å²) in [6.07, 6.45) is 1.89. The second-order valence-electron chi connectivity index (χ2n) is 2.87. The molecule has 0 aromatic heterocycles. The highest BCUT2D eigenvalue weighted by Crippen LogP contribution is 2.05. The van der Waals surface area contributed by atoms with Crippen LogP contribution in [0.1, 0.15) is 18.1 Å². The molecule has 0 unspecified atom stereocenters. The third-order valence-corrected chi connectivity index (χ3v) is 1.99. The standard InChI is InChI=1S/C10H13N3/c1-2-9-3-5-10(6-4-9)7-8-12-13-11/h3-6H,2,7-8H2,1H3. The summed E-state index contributed by atoms with van der Waals surface area (Å²) in [5.41, 5.74) is 10.7. The van der Waals surface area contributed by atoms with Crippen LogP contribution in [0.3, 0.4) is 0 Å². The second-order valence-corrected chi connectivity index (χ2v) is 2.87. The zero-order valence-corrected chi connectivity index (χ0v) is 7.77. The molecule has 0 aliphatic carbocycles. The maximum Gasteiger partial charge on any atom is 0.0298 e. The summed E-state index contributed by atoms with van der Waals surface area (Å²) in [5, 5.41) is 3.49. The van der Waals surface area contributed by atoms with Gasteiger partial charge in [0.05, 0.1) is 0 Å². The van der Waals surface area contributed by atoms with Gasteiger partial charge in [-0.05, 0) is 29.5 Å². The highest BCUT2D eigenvalue weighted by molar-refractivity contribution is 5.22. The Morgan fingerprint density at radius 1 is 1.23 bits per heavy atom. The molecule has 13 heavy (non-hydrogen) atoms. The lowest BCUT2D eigenvalue weighted by Gasteiger charge is -1.99. The summed E-state index contributed by atoms with van der Waals surface area (Å²) in [4.78, 5) is 2.71. The molecule has 68 valence electrons. The molecule has 1 rings (SSSR count). The third-order valence-electron chi connectivity index (χ3n) is 1.99. The molecular formula is C10H13N3. The van der Waals surface area contributed by atoms with Gasteiger partial charge in [0, 0.05) is 11.5 Å². The summed E-state index contributed by atoms with van der Waals surface area (Å²) in [6, 6.07) is 8.41. The first-order valence-electron chi connectivity index (χ1n) is 4.45. The SMILES string of the molecule is CCc1ccc(CCN=[N+]=[N-])cc1. The molecule has 0 fully saturated rings. The van der Waals surface area contributed by atoms with E-state index in [4.69, 9.17) is 5.53 Å². The Morgan fingerprint density at radius 3 is 2.38 bits per heavy atom. The predicted molar refractivity (Wildman–Crippen MR) is 53.5 cm³/mol. The summed E-state index contributed by atoms with van der Waals surface area (Å²) < 4.78 is 0. The van der Waals surface area contributed by atoms with Crippen molar-refractivity contribution in [2.24, 2.45) is 5.11 Å². The molecule has 0 atom stereocenters. The van der Waals surface area contributed by atoms with Crippen LogP contribution in [0.25, 0.3) is 10.4 Å². The van der Waals surface area contributed by atoms with Gasteiger partial charge in [-0.15, -0.1) is 0 Å². The Kier molecular flexibility index (Phi) is 3.86. The highest BCUT2D eigenvalue weighted by Gasteiger charge is 1.91. The van der Waals surface area contributed by atoms with Gasteiger partial charge in [0.2, 0.25) is 0 Å². The predicted octanol–water partition coefficient (Wildman–Crippen LogP) is 3.10. The molecule has 0 saturated heterocycles. The number of azide groups is 1. The molecule has 0 bridgehead atoms. The van der Waals surface area contributed by atoms with E-state index in [0.29, 0.717) is 6.54 Å². The Labute approximate surface area is 78.0 Å². The van der Waals surface area contributed by atoms with E-state index in [1.165, 1.54) is 11.1 Å². The van der Waals surface area contributed by atoms with Crippen LogP contribution in [0.5, 0.6) is 0 Å². The Balaban J connectivity index is 2.53. The fraction of sp³-hybridized carbons (Fsp3) is 0.400. The average Bonchev–Trinajstić information content (AvgIpc) is 2.19. The van der Waals surface area contributed by atoms with Gasteiger partial charge in [0.1, 0.15) is 0 Å². The number of rotatable bonds is 4. The molecule has 0 spiro atoms. The number of benzene rings is 1. The lowest BCUT2D eigenvalue weighted by atomic mass is 10.1. The van der Waals surface area contributed by atoms with Gasteiger partial charge in [0.15, 0.2) is 0 Å². The fourth-order valence-corrected chi connectivity index (χ4v) is 1.17. The normalized spacial score (nSPS) is 9.31. The molecule has 0 heterocycles. The minimum absolute atomic E-state index is 0.544. The summed E-state index contributed by atoms with van der Waals surface area (Å²) in [5.74, 6) is 0. The van der Waals surface area contributed by atoms with Crippen molar-refractivity contribution in [2.75, 3.05) is 6.54 Å². The van der Waals surface area contributed by atoms with Crippen LogP contribution < -0.4 is 0 Å². The molecule has 0 aliphatic heterocycles. The van der Waals surface area contributed by atoms with Crippen molar-refractivity contribution in [3.63, 3.8) is 0 Å². The first-order valence-corrected chi connectivity index (χ1v) is 4.45. The van der Waals surface area contributed by atoms with E-state index >= 15 is 0 Å². The molecule has 0 amide bonds. The summed E-state index contributed by atoms with van der Waals surface area (Å²) >= 11 is 0. The Morgan fingerprint density at radius 2 is 1.85 bits per heavy atom. The number of aryl methyl sites for hydroxylation is 1. The van der Waals surface area contributed by atoms with Gasteiger partial charge in [-0.1, -0.05) is 36.3 Å². The van der Waals surface area contributed by atoms with Gasteiger partial charge >= 0.3 is 0 Å². The van der Waals surface area contributed by atoms with Gasteiger partial charge in [-0.3, -0.25) is 0 Å². The van der Waals surface area contributed by atoms with Crippen LogP contribution >= 0.6 is 0 Å². The van der Waals surface area contributed by atoms with Gasteiger partial charge < -0.3 is 0 Å². The number of nitrogens with zero attached hydrogens (tertiary/aromatic N) is 3. The minimum Gasteiger partial charge on any atom is -0.0936 e. The fourth-order valence-electron chi connectivity index (χ4n) is 1.17. The molecular weight excluding hydrogens is 162 g/mol. The van der Waals surface area contributed by atoms with E-state index in [1.54, 1.807) is 0 Å². The summed E-state index contributed by atoms with van der Waals surface area (Å²) in [6.45, 7) is 2.68. The van der Waals surface area contributed by atoms with E-state index in [0.717, 1.165) is 12.8 Å². The monoisotopic (exact) mass is 175 g/mol. The van der Waals surface area contributed by atoms with Crippen LogP contribution in [0.4, 0.5) is 0 Å². The van der Waals surface area contributed by atoms with Crippen molar-refractivity contribution >= 4 is 0 Å². The minimum atomic E-state index is 0.544. The Hall–Kier alpha value is -1.47. The maximum absolute atomic E-state index is 8.08. The molecule has 3 nitrogen and oxygen atoms in total. The van der Waals surface area contributed by atoms with Gasteiger partial charge in [-0.2, -0.15) is 0 Å². The zero-order chi connectivity index (χ0) is 9.52. The molecule has 0 N–H and O–H groups in total. The van der Waals surface area contributed by atoms with Crippen LogP contribution in [0, 0.1) is 0 Å². The topological polar surface area (TPSA) is 48.8 Å². The first-order chi connectivity index (χ1) is 6.36. The van der Waals surface area contributed by atoms with Gasteiger partial charge in [0.25, 0.3) is 0 Å². The van der Waals surface area contributed by atoms with Crippen LogP contribution in [0.15, 0.2) is 29.4 Å². The number of hydrogen-bond acceptors (Lipinski definition) is 1. The first kappa shape index (κ1) is 9.62. The van der Waals surface area contributed by atoms with Crippen LogP contribution in [0.2, 0.25) is 0 Å². The van der Waals surface area contributed by atoms with Crippen molar-refractivity contribution in [3.05, 3.63) is 45.8 Å². The Bertz CT molecular complexity index is 296. The lowest BCUT2D eigenvalue weighted by molar-refractivity contribution is 0.953. The van der Waals surface area contributed by atoms with Gasteiger partial charge in [-0.25, -0.2) is 0 Å². The quantitative estimate of drug-likeness (QED) is 0.383. The third kappa shape index (κ3) is 3.18. The molecule has 1 aromatic rings. The zero-order valence-electron chi connectivity index (χ0n) is 7.77. The van der Waals surface area contributed by atoms with Crippen molar-refractivity contribution in [1.29, 1.82) is 0 Å². The second kappa shape index (κ2) is 5.22. The molecule has 0 aliphatic rings. The van der Waals surface area contributed by atoms with E-state index in [-0.39, 0.29) is 0 Å². The van der Waals surface area contributed by atoms with Crippen molar-refractivity contribution in [3.8, 4) is 0 Å². The van der Waals surface area contributed by atoms with E-state index in [9.17, 15) is 0 Å². The van der Waals surface area contributed by atoms with Crippen LogP contribution in [-0.4, -0.2) is 6.54 Å². The maximum atomic E-state index is 8.08. The van der Waals surface area contributed by atoms with Crippen molar-refractivity contribution < 1.29 is 0 Å². The van der Waals surface area contributed by atoms with Crippen molar-refractivity contribution in [1.82, 2.24) is 0 Å².